The van der Waals surface area contributed by atoms with Crippen LogP contribution in [0.2, 0.25) is 0 Å². The summed E-state index contributed by atoms with van der Waals surface area (Å²) >= 11 is 1.59. The van der Waals surface area contributed by atoms with Crippen LogP contribution in [0.15, 0.2) is 21.3 Å². The third kappa shape index (κ3) is 4.17. The largest absolute Gasteiger partial charge is 0.356 e. The van der Waals surface area contributed by atoms with Crippen LogP contribution in [-0.4, -0.2) is 22.6 Å². The number of unbranched alkanes of at least 4 members (excludes halogenated alkanes) is 1. The van der Waals surface area contributed by atoms with Gasteiger partial charge in [0, 0.05) is 30.3 Å². The molecule has 0 saturated carbocycles. The monoisotopic (exact) mass is 279 g/mol. The number of thiophene rings is 1. The number of nitrogens with one attached hydrogen (secondary N) is 1. The minimum Gasteiger partial charge on any atom is -0.356 e. The normalized spacial score (nSPS) is 10.6. The summed E-state index contributed by atoms with van der Waals surface area (Å²) in [7, 11) is 0. The van der Waals surface area contributed by atoms with Gasteiger partial charge in [-0.15, -0.1) is 0 Å². The van der Waals surface area contributed by atoms with Gasteiger partial charge in [-0.2, -0.15) is 16.3 Å². The summed E-state index contributed by atoms with van der Waals surface area (Å²) in [6.07, 6.45) is 2.95. The molecule has 1 amide bonds. The van der Waals surface area contributed by atoms with Gasteiger partial charge in [0.15, 0.2) is 0 Å². The molecule has 0 aromatic carbocycles. The third-order valence-corrected chi connectivity index (χ3v) is 3.35. The number of hydrogen-bond acceptors (Lipinski definition) is 5. The first-order valence-corrected chi connectivity index (χ1v) is 7.35. The van der Waals surface area contributed by atoms with Gasteiger partial charge in [-0.1, -0.05) is 18.5 Å². The van der Waals surface area contributed by atoms with E-state index in [0.717, 1.165) is 24.9 Å². The minimum absolute atomic E-state index is 0.0312. The van der Waals surface area contributed by atoms with Crippen molar-refractivity contribution < 1.29 is 9.32 Å². The first kappa shape index (κ1) is 13.7. The highest BCUT2D eigenvalue weighted by Crippen LogP contribution is 2.18. The van der Waals surface area contributed by atoms with Gasteiger partial charge < -0.3 is 9.84 Å². The fourth-order valence-corrected chi connectivity index (χ4v) is 2.21. The van der Waals surface area contributed by atoms with Crippen LogP contribution in [0.4, 0.5) is 0 Å². The lowest BCUT2D eigenvalue weighted by molar-refractivity contribution is -0.121. The maximum atomic E-state index is 11.5. The van der Waals surface area contributed by atoms with Crippen LogP contribution < -0.4 is 5.32 Å². The highest BCUT2D eigenvalue weighted by atomic mass is 32.1. The number of nitrogens with zero attached hydrogens (tertiary/aromatic N) is 2. The Labute approximate surface area is 116 Å². The first-order chi connectivity index (χ1) is 9.29. The quantitative estimate of drug-likeness (QED) is 0.791. The van der Waals surface area contributed by atoms with Crippen LogP contribution in [-0.2, 0) is 11.2 Å². The summed E-state index contributed by atoms with van der Waals surface area (Å²) in [5.41, 5.74) is 0.951. The Morgan fingerprint density at radius 1 is 1.53 bits per heavy atom. The van der Waals surface area contributed by atoms with E-state index in [2.05, 4.69) is 22.4 Å². The van der Waals surface area contributed by atoms with Crippen LogP contribution in [0.25, 0.3) is 11.4 Å². The Kier molecular flexibility index (Phi) is 5.09. The summed E-state index contributed by atoms with van der Waals surface area (Å²) in [4.78, 5) is 15.8. The summed E-state index contributed by atoms with van der Waals surface area (Å²) in [6.45, 7) is 2.83. The lowest BCUT2D eigenvalue weighted by atomic mass is 10.2. The number of rotatable bonds is 7. The number of hydrogen-bond donors (Lipinski definition) is 1. The standard InChI is InChI=1S/C13H17N3O2S/c1-2-3-7-14-11(17)4-5-12-15-13(16-18-12)10-6-8-19-9-10/h6,8-9H,2-5,7H2,1H3,(H,14,17). The van der Waals surface area contributed by atoms with Gasteiger partial charge in [0.05, 0.1) is 0 Å². The predicted octanol–water partition coefficient (Wildman–Crippen LogP) is 2.65. The molecule has 0 radical (unpaired) electrons. The molecule has 0 spiro atoms. The van der Waals surface area contributed by atoms with E-state index in [4.69, 9.17) is 4.52 Å². The molecule has 0 aliphatic rings. The molecule has 5 nitrogen and oxygen atoms in total. The van der Waals surface area contributed by atoms with E-state index in [1.165, 1.54) is 0 Å². The van der Waals surface area contributed by atoms with Crippen molar-refractivity contribution in [1.82, 2.24) is 15.5 Å². The zero-order chi connectivity index (χ0) is 13.5. The molecule has 2 rings (SSSR count). The summed E-state index contributed by atoms with van der Waals surface area (Å²) < 4.78 is 5.13. The molecule has 0 unspecified atom stereocenters. The SMILES string of the molecule is CCCCNC(=O)CCc1nc(-c2ccsc2)no1. The first-order valence-electron chi connectivity index (χ1n) is 6.41. The van der Waals surface area contributed by atoms with Gasteiger partial charge in [0.25, 0.3) is 0 Å². The number of carbonyl (C=O) groups excluding carboxylic acids is 1. The Bertz CT molecular complexity index is 508. The van der Waals surface area contributed by atoms with Gasteiger partial charge in [0.1, 0.15) is 0 Å². The van der Waals surface area contributed by atoms with Gasteiger partial charge in [0.2, 0.25) is 17.6 Å². The van der Waals surface area contributed by atoms with Gasteiger partial charge in [-0.3, -0.25) is 4.79 Å². The van der Waals surface area contributed by atoms with Crippen LogP contribution >= 0.6 is 11.3 Å². The Hall–Kier alpha value is -1.69. The van der Waals surface area contributed by atoms with E-state index in [-0.39, 0.29) is 5.91 Å². The molecule has 0 bridgehead atoms. The van der Waals surface area contributed by atoms with E-state index in [9.17, 15) is 4.79 Å². The lowest BCUT2D eigenvalue weighted by Gasteiger charge is -2.01. The molecule has 1 N–H and O–H groups in total. The van der Waals surface area contributed by atoms with Gasteiger partial charge >= 0.3 is 0 Å². The number of aryl methyl sites for hydroxylation is 1. The van der Waals surface area contributed by atoms with Gasteiger partial charge in [-0.25, -0.2) is 0 Å². The van der Waals surface area contributed by atoms with E-state index >= 15 is 0 Å². The second kappa shape index (κ2) is 7.04. The van der Waals surface area contributed by atoms with Crippen molar-refractivity contribution in [3.8, 4) is 11.4 Å². The minimum atomic E-state index is 0.0312. The molecule has 2 aromatic heterocycles. The molecule has 0 aliphatic heterocycles. The topological polar surface area (TPSA) is 68.0 Å². The number of amides is 1. The summed E-state index contributed by atoms with van der Waals surface area (Å²) in [5, 5.41) is 10.7. The van der Waals surface area contributed by atoms with E-state index in [1.807, 2.05) is 16.8 Å². The smallest absolute Gasteiger partial charge is 0.227 e. The average Bonchev–Trinajstić information content (AvgIpc) is 3.07. The fourth-order valence-electron chi connectivity index (χ4n) is 1.58. The highest BCUT2D eigenvalue weighted by molar-refractivity contribution is 7.08. The molecule has 102 valence electrons. The van der Waals surface area contributed by atoms with Crippen molar-refractivity contribution in [2.24, 2.45) is 0 Å². The van der Waals surface area contributed by atoms with Crippen molar-refractivity contribution in [2.45, 2.75) is 32.6 Å². The average molecular weight is 279 g/mol. The maximum absolute atomic E-state index is 11.5. The van der Waals surface area contributed by atoms with Crippen molar-refractivity contribution in [1.29, 1.82) is 0 Å². The summed E-state index contributed by atoms with van der Waals surface area (Å²) in [6, 6.07) is 1.94. The van der Waals surface area contributed by atoms with E-state index < -0.39 is 0 Å². The van der Waals surface area contributed by atoms with E-state index in [0.29, 0.717) is 24.6 Å². The molecule has 0 saturated heterocycles. The lowest BCUT2D eigenvalue weighted by Crippen LogP contribution is -2.24. The van der Waals surface area contributed by atoms with Crippen molar-refractivity contribution >= 4 is 17.2 Å². The Morgan fingerprint density at radius 2 is 2.42 bits per heavy atom. The van der Waals surface area contributed by atoms with Crippen LogP contribution in [0.5, 0.6) is 0 Å². The molecule has 0 fully saturated rings. The molecule has 0 aliphatic carbocycles. The number of aromatic nitrogens is 2. The maximum Gasteiger partial charge on any atom is 0.227 e. The van der Waals surface area contributed by atoms with E-state index in [1.54, 1.807) is 11.3 Å². The fraction of sp³-hybridized carbons (Fsp3) is 0.462. The van der Waals surface area contributed by atoms with Crippen LogP contribution in [0, 0.1) is 0 Å². The molecular weight excluding hydrogens is 262 g/mol. The molecule has 19 heavy (non-hydrogen) atoms. The second-order valence-corrected chi connectivity index (χ2v) is 5.01. The highest BCUT2D eigenvalue weighted by Gasteiger charge is 2.10. The molecule has 0 atom stereocenters. The molecule has 6 heteroatoms. The molecule has 2 aromatic rings. The van der Waals surface area contributed by atoms with Crippen molar-refractivity contribution in [3.05, 3.63) is 22.7 Å². The van der Waals surface area contributed by atoms with Crippen molar-refractivity contribution in [2.75, 3.05) is 6.54 Å². The number of carbonyl (C=O) groups is 1. The van der Waals surface area contributed by atoms with Crippen LogP contribution in [0.3, 0.4) is 0 Å². The second-order valence-electron chi connectivity index (χ2n) is 4.23. The zero-order valence-corrected chi connectivity index (χ0v) is 11.7. The van der Waals surface area contributed by atoms with Gasteiger partial charge in [-0.05, 0) is 17.9 Å². The Morgan fingerprint density at radius 3 is 3.16 bits per heavy atom. The van der Waals surface area contributed by atoms with Crippen molar-refractivity contribution in [3.63, 3.8) is 0 Å². The Balaban J connectivity index is 1.79. The summed E-state index contributed by atoms with van der Waals surface area (Å²) in [5.74, 6) is 1.12. The third-order valence-electron chi connectivity index (χ3n) is 2.67. The molecule has 2 heterocycles. The molecular formula is C13H17N3O2S. The predicted molar refractivity (Wildman–Crippen MR) is 73.8 cm³/mol. The zero-order valence-electron chi connectivity index (χ0n) is 10.9. The van der Waals surface area contributed by atoms with Crippen LogP contribution in [0.1, 0.15) is 32.1 Å².